The lowest BCUT2D eigenvalue weighted by Gasteiger charge is -2.06. The molecule has 2 rings (SSSR count). The standard InChI is InChI=1S/C14H18N2O/c1-4-12-13(16-17-14(12)15)11-7-5-10(6-8-11)9(2)3/h5-9H,4,15H2,1-3H3. The number of rotatable bonds is 3. The van der Waals surface area contributed by atoms with E-state index in [4.69, 9.17) is 10.3 Å². The summed E-state index contributed by atoms with van der Waals surface area (Å²) in [5, 5.41) is 4.03. The second-order valence-corrected chi connectivity index (χ2v) is 4.50. The molecule has 0 atom stereocenters. The Morgan fingerprint density at radius 2 is 1.88 bits per heavy atom. The normalized spacial score (nSPS) is 11.1. The molecule has 90 valence electrons. The molecule has 0 spiro atoms. The van der Waals surface area contributed by atoms with E-state index >= 15 is 0 Å². The van der Waals surface area contributed by atoms with Crippen molar-refractivity contribution in [3.8, 4) is 11.3 Å². The van der Waals surface area contributed by atoms with E-state index in [0.29, 0.717) is 11.8 Å². The smallest absolute Gasteiger partial charge is 0.225 e. The SMILES string of the molecule is CCc1c(-c2ccc(C(C)C)cc2)noc1N. The van der Waals surface area contributed by atoms with Gasteiger partial charge in [-0.05, 0) is 17.9 Å². The van der Waals surface area contributed by atoms with E-state index in [0.717, 1.165) is 23.2 Å². The molecule has 0 saturated carbocycles. The van der Waals surface area contributed by atoms with Gasteiger partial charge in [-0.15, -0.1) is 0 Å². The van der Waals surface area contributed by atoms with Crippen LogP contribution in [0.5, 0.6) is 0 Å². The summed E-state index contributed by atoms with van der Waals surface area (Å²) >= 11 is 0. The van der Waals surface area contributed by atoms with Crippen LogP contribution >= 0.6 is 0 Å². The van der Waals surface area contributed by atoms with Gasteiger partial charge in [-0.2, -0.15) is 0 Å². The molecule has 1 aromatic carbocycles. The van der Waals surface area contributed by atoms with Crippen molar-refractivity contribution < 1.29 is 4.52 Å². The third kappa shape index (κ3) is 2.18. The maximum atomic E-state index is 5.74. The maximum Gasteiger partial charge on any atom is 0.225 e. The number of anilines is 1. The van der Waals surface area contributed by atoms with Crippen LogP contribution in [-0.4, -0.2) is 5.16 Å². The van der Waals surface area contributed by atoms with Crippen molar-refractivity contribution in [2.45, 2.75) is 33.1 Å². The molecule has 1 heterocycles. The summed E-state index contributed by atoms with van der Waals surface area (Å²) in [7, 11) is 0. The van der Waals surface area contributed by atoms with Gasteiger partial charge < -0.3 is 10.3 Å². The average molecular weight is 230 g/mol. The van der Waals surface area contributed by atoms with Crippen LogP contribution in [0.1, 0.15) is 37.8 Å². The predicted octanol–water partition coefficient (Wildman–Crippen LogP) is 3.61. The first-order valence-electron chi connectivity index (χ1n) is 5.97. The van der Waals surface area contributed by atoms with Gasteiger partial charge in [0.25, 0.3) is 0 Å². The maximum absolute atomic E-state index is 5.74. The fourth-order valence-corrected chi connectivity index (χ4v) is 1.92. The molecule has 3 nitrogen and oxygen atoms in total. The predicted molar refractivity (Wildman–Crippen MR) is 69.8 cm³/mol. The number of hydrogen-bond acceptors (Lipinski definition) is 3. The molecule has 0 bridgehead atoms. The topological polar surface area (TPSA) is 52.0 Å². The summed E-state index contributed by atoms with van der Waals surface area (Å²) in [5.41, 5.74) is 9.97. The second kappa shape index (κ2) is 4.62. The second-order valence-electron chi connectivity index (χ2n) is 4.50. The third-order valence-corrected chi connectivity index (χ3v) is 3.02. The Morgan fingerprint density at radius 3 is 2.41 bits per heavy atom. The summed E-state index contributed by atoms with van der Waals surface area (Å²) < 4.78 is 5.05. The van der Waals surface area contributed by atoms with E-state index in [2.05, 4.69) is 50.2 Å². The fourth-order valence-electron chi connectivity index (χ4n) is 1.92. The Labute approximate surface area is 102 Å². The number of nitrogens with zero attached hydrogens (tertiary/aromatic N) is 1. The Morgan fingerprint density at radius 1 is 1.24 bits per heavy atom. The first-order valence-corrected chi connectivity index (χ1v) is 5.97. The molecule has 0 radical (unpaired) electrons. The van der Waals surface area contributed by atoms with E-state index in [9.17, 15) is 0 Å². The highest BCUT2D eigenvalue weighted by atomic mass is 16.5. The molecule has 17 heavy (non-hydrogen) atoms. The Bertz CT molecular complexity index is 497. The lowest BCUT2D eigenvalue weighted by Crippen LogP contribution is -1.91. The van der Waals surface area contributed by atoms with Crippen LogP contribution in [0.25, 0.3) is 11.3 Å². The summed E-state index contributed by atoms with van der Waals surface area (Å²) in [5.74, 6) is 0.965. The van der Waals surface area contributed by atoms with Gasteiger partial charge in [0.05, 0.1) is 0 Å². The zero-order chi connectivity index (χ0) is 12.4. The summed E-state index contributed by atoms with van der Waals surface area (Å²) in [6, 6.07) is 8.41. The van der Waals surface area contributed by atoms with Crippen molar-refractivity contribution >= 4 is 5.88 Å². The molecule has 2 aromatic rings. The van der Waals surface area contributed by atoms with Crippen LogP contribution in [0.3, 0.4) is 0 Å². The van der Waals surface area contributed by atoms with Crippen LogP contribution < -0.4 is 5.73 Å². The molecule has 0 aliphatic heterocycles. The summed E-state index contributed by atoms with van der Waals surface area (Å²) in [6.07, 6.45) is 0.830. The molecule has 0 aliphatic rings. The van der Waals surface area contributed by atoms with E-state index in [1.165, 1.54) is 5.56 Å². The van der Waals surface area contributed by atoms with Crippen molar-refractivity contribution in [3.05, 3.63) is 35.4 Å². The first-order chi connectivity index (χ1) is 8.13. The van der Waals surface area contributed by atoms with Gasteiger partial charge in [-0.25, -0.2) is 0 Å². The summed E-state index contributed by atoms with van der Waals surface area (Å²) in [6.45, 7) is 6.41. The number of aromatic nitrogens is 1. The minimum absolute atomic E-state index is 0.426. The number of nitrogens with two attached hydrogens (primary N) is 1. The van der Waals surface area contributed by atoms with E-state index in [-0.39, 0.29) is 0 Å². The van der Waals surface area contributed by atoms with E-state index in [1.54, 1.807) is 0 Å². The highest BCUT2D eigenvalue weighted by molar-refractivity contribution is 5.67. The van der Waals surface area contributed by atoms with Crippen LogP contribution in [-0.2, 0) is 6.42 Å². The highest BCUT2D eigenvalue weighted by Crippen LogP contribution is 2.28. The zero-order valence-electron chi connectivity index (χ0n) is 10.5. The van der Waals surface area contributed by atoms with Crippen LogP contribution in [0.2, 0.25) is 0 Å². The Balaban J connectivity index is 2.39. The van der Waals surface area contributed by atoms with Crippen LogP contribution in [0.15, 0.2) is 28.8 Å². The monoisotopic (exact) mass is 230 g/mol. The van der Waals surface area contributed by atoms with Gasteiger partial charge in [-0.3, -0.25) is 0 Å². The Hall–Kier alpha value is -1.77. The first kappa shape index (κ1) is 11.7. The largest absolute Gasteiger partial charge is 0.367 e. The van der Waals surface area contributed by atoms with Crippen LogP contribution in [0.4, 0.5) is 5.88 Å². The highest BCUT2D eigenvalue weighted by Gasteiger charge is 2.13. The number of benzene rings is 1. The van der Waals surface area contributed by atoms with Crippen molar-refractivity contribution in [2.75, 3.05) is 5.73 Å². The molecule has 0 unspecified atom stereocenters. The lowest BCUT2D eigenvalue weighted by molar-refractivity contribution is 0.438. The number of hydrogen-bond donors (Lipinski definition) is 1. The van der Waals surface area contributed by atoms with Gasteiger partial charge >= 0.3 is 0 Å². The molecular weight excluding hydrogens is 212 g/mol. The molecule has 3 heteroatoms. The van der Waals surface area contributed by atoms with E-state index < -0.39 is 0 Å². The van der Waals surface area contributed by atoms with Crippen molar-refractivity contribution in [1.29, 1.82) is 0 Å². The van der Waals surface area contributed by atoms with Crippen molar-refractivity contribution in [3.63, 3.8) is 0 Å². The van der Waals surface area contributed by atoms with Gasteiger partial charge in [0.1, 0.15) is 5.69 Å². The quantitative estimate of drug-likeness (QED) is 0.876. The Kier molecular flexibility index (Phi) is 3.18. The number of nitrogen functional groups attached to an aromatic ring is 1. The van der Waals surface area contributed by atoms with Gasteiger partial charge in [0.15, 0.2) is 0 Å². The molecule has 0 amide bonds. The molecule has 1 aromatic heterocycles. The summed E-state index contributed by atoms with van der Waals surface area (Å²) in [4.78, 5) is 0. The van der Waals surface area contributed by atoms with Crippen molar-refractivity contribution in [2.24, 2.45) is 0 Å². The zero-order valence-corrected chi connectivity index (χ0v) is 10.5. The van der Waals surface area contributed by atoms with Gasteiger partial charge in [-0.1, -0.05) is 50.2 Å². The van der Waals surface area contributed by atoms with Gasteiger partial charge in [0.2, 0.25) is 5.88 Å². The fraction of sp³-hybridized carbons (Fsp3) is 0.357. The van der Waals surface area contributed by atoms with Crippen LogP contribution in [0, 0.1) is 0 Å². The molecule has 0 saturated heterocycles. The average Bonchev–Trinajstić information content (AvgIpc) is 2.70. The lowest BCUT2D eigenvalue weighted by atomic mass is 9.99. The molecule has 0 aliphatic carbocycles. The van der Waals surface area contributed by atoms with Gasteiger partial charge in [0, 0.05) is 11.1 Å². The minimum atomic E-state index is 0.426. The minimum Gasteiger partial charge on any atom is -0.367 e. The van der Waals surface area contributed by atoms with E-state index in [1.807, 2.05) is 0 Å². The third-order valence-electron chi connectivity index (χ3n) is 3.02. The molecular formula is C14H18N2O. The molecule has 2 N–H and O–H groups in total. The molecule has 0 fully saturated rings. The van der Waals surface area contributed by atoms with Crippen molar-refractivity contribution in [1.82, 2.24) is 5.16 Å².